The number of hydrogen-bond acceptors (Lipinski definition) is 5. The van der Waals surface area contributed by atoms with E-state index in [0.717, 1.165) is 44.9 Å². The minimum Gasteiger partial charge on any atom is -0.394 e. The normalized spacial score (nSPS) is 14.2. The first-order valence-corrected chi connectivity index (χ1v) is 25.4. The largest absolute Gasteiger partial charge is 0.394 e. The molecule has 0 aromatic rings. The summed E-state index contributed by atoms with van der Waals surface area (Å²) >= 11 is 0. The summed E-state index contributed by atoms with van der Waals surface area (Å²) in [5.41, 5.74) is 0. The van der Waals surface area contributed by atoms with Gasteiger partial charge >= 0.3 is 0 Å². The minimum absolute atomic E-state index is 0.361. The molecule has 0 saturated heterocycles. The van der Waals surface area contributed by atoms with Crippen molar-refractivity contribution in [2.45, 2.75) is 282 Å². The molecule has 6 nitrogen and oxygen atoms in total. The quantitative estimate of drug-likeness (QED) is 0.0310. The molecule has 0 aromatic carbocycles. The highest BCUT2D eigenvalue weighted by molar-refractivity contribution is 5.80. The zero-order chi connectivity index (χ0) is 42.4. The topological polar surface area (TPSA) is 110 Å². The molecule has 342 valence electrons. The van der Waals surface area contributed by atoms with Crippen LogP contribution in [-0.4, -0.2) is 57.3 Å². The number of rotatable bonds is 46. The predicted molar refractivity (Wildman–Crippen MR) is 251 cm³/mol. The second kappa shape index (κ2) is 46.6. The van der Waals surface area contributed by atoms with Gasteiger partial charge in [0.1, 0.15) is 12.2 Å². The van der Waals surface area contributed by atoms with Gasteiger partial charge in [0, 0.05) is 0 Å². The van der Waals surface area contributed by atoms with Gasteiger partial charge in [0.05, 0.1) is 18.8 Å². The van der Waals surface area contributed by atoms with Gasteiger partial charge in [-0.3, -0.25) is 4.79 Å². The van der Waals surface area contributed by atoms with Crippen molar-refractivity contribution < 1.29 is 25.2 Å². The first kappa shape index (κ1) is 56.5. The van der Waals surface area contributed by atoms with E-state index in [-0.39, 0.29) is 0 Å². The number of aliphatic hydroxyl groups is 4. The van der Waals surface area contributed by atoms with E-state index in [1.165, 1.54) is 180 Å². The highest BCUT2D eigenvalue weighted by Crippen LogP contribution is 2.16. The maximum absolute atomic E-state index is 12.5. The van der Waals surface area contributed by atoms with E-state index in [0.29, 0.717) is 19.3 Å². The lowest BCUT2D eigenvalue weighted by Crippen LogP contribution is -2.53. The Bertz CT molecular complexity index is 919. The van der Waals surface area contributed by atoms with Crippen LogP contribution in [0.4, 0.5) is 0 Å². The van der Waals surface area contributed by atoms with Crippen LogP contribution in [0, 0.1) is 0 Å². The van der Waals surface area contributed by atoms with Crippen LogP contribution < -0.4 is 5.32 Å². The van der Waals surface area contributed by atoms with Crippen molar-refractivity contribution in [3.63, 3.8) is 0 Å². The van der Waals surface area contributed by atoms with Gasteiger partial charge in [0.25, 0.3) is 0 Å². The lowest BCUT2D eigenvalue weighted by Gasteiger charge is -2.27. The number of amides is 1. The minimum atomic E-state index is -1.29. The van der Waals surface area contributed by atoms with E-state index in [9.17, 15) is 25.2 Å². The Kier molecular flexibility index (Phi) is 45.4. The van der Waals surface area contributed by atoms with E-state index in [2.05, 4.69) is 55.6 Å². The fourth-order valence-electron chi connectivity index (χ4n) is 7.77. The van der Waals surface area contributed by atoms with E-state index in [1.54, 1.807) is 0 Å². The van der Waals surface area contributed by atoms with Crippen molar-refractivity contribution in [2.75, 3.05) is 6.61 Å². The molecule has 0 bridgehead atoms. The van der Waals surface area contributed by atoms with Crippen LogP contribution in [0.3, 0.4) is 0 Å². The number of carbonyl (C=O) groups is 1. The molecular formula is C52H99NO5. The zero-order valence-corrected chi connectivity index (χ0v) is 38.5. The Balaban J connectivity index is 3.61. The molecule has 0 aliphatic carbocycles. The second-order valence-electron chi connectivity index (χ2n) is 17.5. The van der Waals surface area contributed by atoms with E-state index in [1.807, 2.05) is 0 Å². The molecule has 4 unspecified atom stereocenters. The lowest BCUT2D eigenvalue weighted by atomic mass is 10.00. The molecule has 1 amide bonds. The summed E-state index contributed by atoms with van der Waals surface area (Å²) in [4.78, 5) is 12.5. The monoisotopic (exact) mass is 818 g/mol. The number of hydrogen-bond donors (Lipinski definition) is 5. The maximum atomic E-state index is 12.5. The summed E-state index contributed by atoms with van der Waals surface area (Å²) in [6.45, 7) is 4.01. The number of carbonyl (C=O) groups excluding carboxylic acids is 1. The Hall–Kier alpha value is -1.47. The molecule has 0 fully saturated rings. The highest BCUT2D eigenvalue weighted by Gasteiger charge is 2.28. The Morgan fingerprint density at radius 3 is 1.12 bits per heavy atom. The molecule has 0 aliphatic rings. The summed E-state index contributed by atoms with van der Waals surface area (Å²) in [5, 5.41) is 43.6. The Morgan fingerprint density at radius 1 is 0.414 bits per heavy atom. The van der Waals surface area contributed by atoms with Gasteiger partial charge in [-0.25, -0.2) is 0 Å². The first-order valence-electron chi connectivity index (χ1n) is 25.4. The average Bonchev–Trinajstić information content (AvgIpc) is 3.23. The second-order valence-corrected chi connectivity index (χ2v) is 17.5. The summed E-state index contributed by atoms with van der Waals surface area (Å²) in [7, 11) is 0. The fraction of sp³-hybridized carbons (Fsp3) is 0.865. The molecule has 0 heterocycles. The predicted octanol–water partition coefficient (Wildman–Crippen LogP) is 14.1. The van der Waals surface area contributed by atoms with Gasteiger partial charge in [0.2, 0.25) is 5.91 Å². The molecule has 6 heteroatoms. The van der Waals surface area contributed by atoms with Crippen LogP contribution in [0.1, 0.15) is 258 Å². The fourth-order valence-corrected chi connectivity index (χ4v) is 7.77. The maximum Gasteiger partial charge on any atom is 0.249 e. The SMILES string of the molecule is CCCCC/C=C/CC/C=C/CCCC(O)C(O)C(CO)NC(=O)C(O)CCCCCCCCCCCCCCCC/C=C\CCCCCCCCCCCCCC. The zero-order valence-electron chi connectivity index (χ0n) is 38.5. The van der Waals surface area contributed by atoms with Gasteiger partial charge in [-0.15, -0.1) is 0 Å². The van der Waals surface area contributed by atoms with E-state index >= 15 is 0 Å². The Labute approximate surface area is 360 Å². The molecule has 0 saturated carbocycles. The van der Waals surface area contributed by atoms with Crippen LogP contribution >= 0.6 is 0 Å². The van der Waals surface area contributed by atoms with E-state index < -0.39 is 36.9 Å². The number of allylic oxidation sites excluding steroid dienone is 6. The number of unbranched alkanes of at least 4 members (excludes halogenated alkanes) is 31. The molecular weight excluding hydrogens is 719 g/mol. The van der Waals surface area contributed by atoms with Crippen LogP contribution in [-0.2, 0) is 4.79 Å². The lowest BCUT2D eigenvalue weighted by molar-refractivity contribution is -0.132. The molecule has 0 radical (unpaired) electrons. The summed E-state index contributed by atoms with van der Waals surface area (Å²) in [6.07, 6.45) is 56.4. The number of aliphatic hydroxyl groups excluding tert-OH is 4. The molecule has 5 N–H and O–H groups in total. The van der Waals surface area contributed by atoms with E-state index in [4.69, 9.17) is 0 Å². The third-order valence-corrected chi connectivity index (χ3v) is 11.8. The van der Waals surface area contributed by atoms with Crippen molar-refractivity contribution in [1.82, 2.24) is 5.32 Å². The van der Waals surface area contributed by atoms with Crippen LogP contribution in [0.25, 0.3) is 0 Å². The summed E-state index contributed by atoms with van der Waals surface area (Å²) in [6, 6.07) is -1.01. The standard InChI is InChI=1S/C52H99NO5/c1-3-5-7-9-11-13-15-17-18-19-20-21-22-23-24-25-26-27-28-29-30-31-32-33-34-36-38-40-42-44-46-50(56)52(58)53-48(47-54)51(57)49(55)45-43-41-39-37-35-16-14-12-10-8-6-4-2/h12,14,23-24,37,39,48-51,54-57H,3-11,13,15-22,25-36,38,40-47H2,1-2H3,(H,53,58)/b14-12+,24-23-,39-37+. The van der Waals surface area contributed by atoms with Gasteiger partial charge < -0.3 is 25.7 Å². The van der Waals surface area contributed by atoms with Crippen molar-refractivity contribution in [3.05, 3.63) is 36.5 Å². The molecule has 4 atom stereocenters. The molecule has 0 aliphatic heterocycles. The molecule has 0 rings (SSSR count). The molecule has 0 spiro atoms. The smallest absolute Gasteiger partial charge is 0.249 e. The third-order valence-electron chi connectivity index (χ3n) is 11.8. The van der Waals surface area contributed by atoms with Gasteiger partial charge in [-0.2, -0.15) is 0 Å². The van der Waals surface area contributed by atoms with Gasteiger partial charge in [-0.05, 0) is 77.0 Å². The number of nitrogens with one attached hydrogen (secondary N) is 1. The first-order chi connectivity index (χ1) is 28.5. The summed E-state index contributed by atoms with van der Waals surface area (Å²) < 4.78 is 0. The van der Waals surface area contributed by atoms with Crippen LogP contribution in [0.15, 0.2) is 36.5 Å². The highest BCUT2D eigenvalue weighted by atomic mass is 16.3. The van der Waals surface area contributed by atoms with Crippen molar-refractivity contribution in [3.8, 4) is 0 Å². The molecule has 58 heavy (non-hydrogen) atoms. The third kappa shape index (κ3) is 40.0. The van der Waals surface area contributed by atoms with Gasteiger partial charge in [0.15, 0.2) is 0 Å². The van der Waals surface area contributed by atoms with Crippen molar-refractivity contribution >= 4 is 5.91 Å². The van der Waals surface area contributed by atoms with Crippen molar-refractivity contribution in [1.29, 1.82) is 0 Å². The average molecular weight is 818 g/mol. The molecule has 0 aromatic heterocycles. The van der Waals surface area contributed by atoms with Crippen molar-refractivity contribution in [2.24, 2.45) is 0 Å². The Morgan fingerprint density at radius 2 is 0.724 bits per heavy atom. The summed E-state index contributed by atoms with van der Waals surface area (Å²) in [5.74, 6) is -0.597. The van der Waals surface area contributed by atoms with Crippen LogP contribution in [0.2, 0.25) is 0 Å². The van der Waals surface area contributed by atoms with Gasteiger partial charge in [-0.1, -0.05) is 217 Å². The van der Waals surface area contributed by atoms with Crippen LogP contribution in [0.5, 0.6) is 0 Å².